The Kier molecular flexibility index (Phi) is 5.61. The standard InChI is InChI=1S/C16H18N2O2/c19-11-10-17-18-12-15-8-4-5-9-16(15)20-13-14-6-2-1-3-7-14/h1-9,12,17,19H,10-11,13H2. The molecule has 0 aliphatic rings. The molecule has 0 atom stereocenters. The minimum atomic E-state index is 0.0590. The molecule has 0 fully saturated rings. The van der Waals surface area contributed by atoms with Crippen LogP contribution in [0.4, 0.5) is 0 Å². The quantitative estimate of drug-likeness (QED) is 0.460. The lowest BCUT2D eigenvalue weighted by Crippen LogP contribution is -2.11. The minimum Gasteiger partial charge on any atom is -0.488 e. The van der Waals surface area contributed by atoms with Gasteiger partial charge in [-0.2, -0.15) is 5.10 Å². The molecule has 2 aromatic rings. The Hall–Kier alpha value is -2.33. The van der Waals surface area contributed by atoms with E-state index < -0.39 is 0 Å². The Morgan fingerprint density at radius 3 is 2.60 bits per heavy atom. The van der Waals surface area contributed by atoms with Crippen LogP contribution < -0.4 is 10.2 Å². The summed E-state index contributed by atoms with van der Waals surface area (Å²) in [5, 5.41) is 12.7. The zero-order valence-electron chi connectivity index (χ0n) is 11.2. The van der Waals surface area contributed by atoms with E-state index in [4.69, 9.17) is 9.84 Å². The number of benzene rings is 2. The molecule has 2 aromatic carbocycles. The van der Waals surface area contributed by atoms with E-state index in [1.807, 2.05) is 54.6 Å². The van der Waals surface area contributed by atoms with Crippen LogP contribution in [0.2, 0.25) is 0 Å². The van der Waals surface area contributed by atoms with E-state index in [1.165, 1.54) is 0 Å². The highest BCUT2D eigenvalue weighted by Crippen LogP contribution is 2.17. The Morgan fingerprint density at radius 2 is 1.80 bits per heavy atom. The normalized spacial score (nSPS) is 10.7. The molecule has 2 N–H and O–H groups in total. The summed E-state index contributed by atoms with van der Waals surface area (Å²) in [6.45, 7) is 1.02. The van der Waals surface area contributed by atoms with Crippen molar-refractivity contribution in [1.82, 2.24) is 5.43 Å². The smallest absolute Gasteiger partial charge is 0.128 e. The number of aliphatic hydroxyl groups excluding tert-OH is 1. The van der Waals surface area contributed by atoms with E-state index in [2.05, 4.69) is 10.5 Å². The van der Waals surface area contributed by atoms with Gasteiger partial charge in [0.2, 0.25) is 0 Å². The molecular formula is C16H18N2O2. The fourth-order valence-electron chi connectivity index (χ4n) is 1.68. The molecule has 0 amide bonds. The fourth-order valence-corrected chi connectivity index (χ4v) is 1.68. The van der Waals surface area contributed by atoms with Gasteiger partial charge in [0.25, 0.3) is 0 Å². The molecule has 20 heavy (non-hydrogen) atoms. The van der Waals surface area contributed by atoms with Gasteiger partial charge in [-0.3, -0.25) is 0 Å². The lowest BCUT2D eigenvalue weighted by Gasteiger charge is -2.08. The van der Waals surface area contributed by atoms with Crippen molar-refractivity contribution in [2.45, 2.75) is 6.61 Å². The molecule has 0 radical (unpaired) electrons. The van der Waals surface area contributed by atoms with Crippen molar-refractivity contribution in [2.24, 2.45) is 5.10 Å². The molecule has 4 heteroatoms. The number of ether oxygens (including phenoxy) is 1. The van der Waals surface area contributed by atoms with Crippen LogP contribution in [-0.4, -0.2) is 24.5 Å². The maximum atomic E-state index is 8.67. The molecule has 0 bridgehead atoms. The summed E-state index contributed by atoms with van der Waals surface area (Å²) in [5.74, 6) is 0.783. The van der Waals surface area contributed by atoms with Crippen molar-refractivity contribution in [3.8, 4) is 5.75 Å². The Morgan fingerprint density at radius 1 is 1.05 bits per heavy atom. The molecular weight excluding hydrogens is 252 g/mol. The van der Waals surface area contributed by atoms with Gasteiger partial charge in [-0.15, -0.1) is 0 Å². The summed E-state index contributed by atoms with van der Waals surface area (Å²) in [6.07, 6.45) is 1.69. The predicted molar refractivity (Wildman–Crippen MR) is 79.9 cm³/mol. The molecule has 0 heterocycles. The maximum absolute atomic E-state index is 8.67. The minimum absolute atomic E-state index is 0.0590. The second-order valence-electron chi connectivity index (χ2n) is 4.20. The molecule has 0 spiro atoms. The second kappa shape index (κ2) is 7.96. The summed E-state index contributed by atoms with van der Waals surface area (Å²) in [5.41, 5.74) is 4.77. The third-order valence-electron chi connectivity index (χ3n) is 2.67. The van der Waals surface area contributed by atoms with Gasteiger partial charge >= 0.3 is 0 Å². The van der Waals surface area contributed by atoms with Crippen LogP contribution in [-0.2, 0) is 6.61 Å². The van der Waals surface area contributed by atoms with Crippen molar-refractivity contribution >= 4 is 6.21 Å². The largest absolute Gasteiger partial charge is 0.488 e. The average Bonchev–Trinajstić information content (AvgIpc) is 2.51. The number of hydrogen-bond donors (Lipinski definition) is 2. The predicted octanol–water partition coefficient (Wildman–Crippen LogP) is 2.18. The second-order valence-corrected chi connectivity index (χ2v) is 4.20. The summed E-state index contributed by atoms with van der Waals surface area (Å²) < 4.78 is 5.81. The van der Waals surface area contributed by atoms with E-state index in [-0.39, 0.29) is 6.61 Å². The van der Waals surface area contributed by atoms with Crippen LogP contribution in [0.3, 0.4) is 0 Å². The first-order valence-corrected chi connectivity index (χ1v) is 6.52. The lowest BCUT2D eigenvalue weighted by molar-refractivity contribution is 0.293. The molecule has 104 valence electrons. The summed E-state index contributed by atoms with van der Waals surface area (Å²) in [6, 6.07) is 17.7. The molecule has 0 aliphatic carbocycles. The molecule has 0 aromatic heterocycles. The van der Waals surface area contributed by atoms with Crippen molar-refractivity contribution in [1.29, 1.82) is 0 Å². The van der Waals surface area contributed by atoms with Crippen LogP contribution in [0, 0.1) is 0 Å². The first-order chi connectivity index (χ1) is 9.90. The first kappa shape index (κ1) is 14.1. The van der Waals surface area contributed by atoms with Gasteiger partial charge in [0.15, 0.2) is 0 Å². The van der Waals surface area contributed by atoms with E-state index >= 15 is 0 Å². The van der Waals surface area contributed by atoms with Crippen LogP contribution in [0.25, 0.3) is 0 Å². The zero-order chi connectivity index (χ0) is 14.0. The monoisotopic (exact) mass is 270 g/mol. The number of para-hydroxylation sites is 1. The average molecular weight is 270 g/mol. The van der Waals surface area contributed by atoms with Gasteiger partial charge in [0.05, 0.1) is 19.4 Å². The third-order valence-corrected chi connectivity index (χ3v) is 2.67. The van der Waals surface area contributed by atoms with Crippen molar-refractivity contribution in [3.63, 3.8) is 0 Å². The molecule has 0 saturated heterocycles. The molecule has 0 saturated carbocycles. The van der Waals surface area contributed by atoms with Crippen molar-refractivity contribution < 1.29 is 9.84 Å². The highest BCUT2D eigenvalue weighted by atomic mass is 16.5. The Balaban J connectivity index is 1.98. The van der Waals surface area contributed by atoms with Crippen LogP contribution in [0.1, 0.15) is 11.1 Å². The van der Waals surface area contributed by atoms with Gasteiger partial charge in [-0.1, -0.05) is 42.5 Å². The SMILES string of the molecule is OCCNN=Cc1ccccc1OCc1ccccc1. The molecule has 0 unspecified atom stereocenters. The zero-order valence-corrected chi connectivity index (χ0v) is 11.2. The first-order valence-electron chi connectivity index (χ1n) is 6.52. The van der Waals surface area contributed by atoms with Crippen LogP contribution in [0.5, 0.6) is 5.75 Å². The van der Waals surface area contributed by atoms with Crippen LogP contribution in [0.15, 0.2) is 59.7 Å². The number of hydrogen-bond acceptors (Lipinski definition) is 4. The van der Waals surface area contributed by atoms with E-state index in [1.54, 1.807) is 6.21 Å². The molecule has 2 rings (SSSR count). The summed E-state index contributed by atoms with van der Waals surface area (Å²) in [4.78, 5) is 0. The molecule has 4 nitrogen and oxygen atoms in total. The van der Waals surface area contributed by atoms with Crippen LogP contribution >= 0.6 is 0 Å². The van der Waals surface area contributed by atoms with Gasteiger partial charge in [0, 0.05) is 5.56 Å². The maximum Gasteiger partial charge on any atom is 0.128 e. The van der Waals surface area contributed by atoms with Gasteiger partial charge < -0.3 is 15.3 Å². The van der Waals surface area contributed by atoms with Gasteiger partial charge in [-0.05, 0) is 17.7 Å². The molecule has 0 aliphatic heterocycles. The Labute approximate surface area is 118 Å². The number of hydrazone groups is 1. The number of rotatable bonds is 7. The van der Waals surface area contributed by atoms with E-state index in [0.717, 1.165) is 16.9 Å². The lowest BCUT2D eigenvalue weighted by atomic mass is 10.2. The van der Waals surface area contributed by atoms with E-state index in [0.29, 0.717) is 13.2 Å². The highest BCUT2D eigenvalue weighted by molar-refractivity contribution is 5.83. The topological polar surface area (TPSA) is 53.8 Å². The van der Waals surface area contributed by atoms with Crippen molar-refractivity contribution in [2.75, 3.05) is 13.2 Å². The third kappa shape index (κ3) is 4.40. The van der Waals surface area contributed by atoms with Crippen molar-refractivity contribution in [3.05, 3.63) is 65.7 Å². The van der Waals surface area contributed by atoms with Gasteiger partial charge in [0.1, 0.15) is 12.4 Å². The summed E-state index contributed by atoms with van der Waals surface area (Å²) in [7, 11) is 0. The Bertz CT molecular complexity index is 541. The number of nitrogens with zero attached hydrogens (tertiary/aromatic N) is 1. The highest BCUT2D eigenvalue weighted by Gasteiger charge is 2.00. The van der Waals surface area contributed by atoms with Gasteiger partial charge in [-0.25, -0.2) is 0 Å². The fraction of sp³-hybridized carbons (Fsp3) is 0.188. The summed E-state index contributed by atoms with van der Waals surface area (Å²) >= 11 is 0. The van der Waals surface area contributed by atoms with E-state index in [9.17, 15) is 0 Å². The number of aliphatic hydroxyl groups is 1. The number of nitrogens with one attached hydrogen (secondary N) is 1.